The van der Waals surface area contributed by atoms with Crippen LogP contribution in [0.15, 0.2) is 30.3 Å². The molecule has 0 bridgehead atoms. The van der Waals surface area contributed by atoms with Crippen molar-refractivity contribution in [2.45, 2.75) is 82.1 Å². The van der Waals surface area contributed by atoms with Crippen molar-refractivity contribution >= 4 is 23.9 Å². The molecule has 214 valence electrons. The Morgan fingerprint density at radius 3 is 2.33 bits per heavy atom. The first-order valence-corrected chi connectivity index (χ1v) is 13.3. The molecule has 12 heteroatoms. The summed E-state index contributed by atoms with van der Waals surface area (Å²) >= 11 is 0. The molecule has 4 aliphatic heterocycles. The minimum absolute atomic E-state index is 0.123. The number of fused-ring (bicyclic) bond motifs is 1. The van der Waals surface area contributed by atoms with Crippen LogP contribution in [0, 0.1) is 28.1 Å². The summed E-state index contributed by atoms with van der Waals surface area (Å²) < 4.78 is 29.1. The van der Waals surface area contributed by atoms with Gasteiger partial charge in [0.2, 0.25) is 11.9 Å². The Bertz CT molecular complexity index is 1350. The summed E-state index contributed by atoms with van der Waals surface area (Å²) in [4.78, 5) is 52.9. The monoisotopic (exact) mass is 558 g/mol. The highest BCUT2D eigenvalue weighted by atomic mass is 16.8. The quantitative estimate of drug-likeness (QED) is 0.318. The molecule has 8 unspecified atom stereocenters. The summed E-state index contributed by atoms with van der Waals surface area (Å²) in [6.07, 6.45) is -9.99. The van der Waals surface area contributed by atoms with Crippen molar-refractivity contribution in [3.05, 3.63) is 35.9 Å². The summed E-state index contributed by atoms with van der Waals surface area (Å²) in [6, 6.07) is 8.82. The molecular formula is C28H30O12. The lowest BCUT2D eigenvalue weighted by atomic mass is 9.51. The van der Waals surface area contributed by atoms with E-state index >= 15 is 0 Å². The molecule has 4 saturated heterocycles. The third-order valence-electron chi connectivity index (χ3n) is 10.4. The lowest BCUT2D eigenvalue weighted by Gasteiger charge is -2.47. The van der Waals surface area contributed by atoms with Crippen LogP contribution in [0.5, 0.6) is 0 Å². The van der Waals surface area contributed by atoms with Crippen molar-refractivity contribution in [3.63, 3.8) is 0 Å². The topological polar surface area (TPSA) is 175 Å². The van der Waals surface area contributed by atoms with E-state index in [0.717, 1.165) is 0 Å². The van der Waals surface area contributed by atoms with E-state index in [-0.39, 0.29) is 6.42 Å². The number of carbonyl (C=O) groups excluding carboxylic acids is 4. The first kappa shape index (κ1) is 25.9. The van der Waals surface area contributed by atoms with Gasteiger partial charge in [0.1, 0.15) is 12.2 Å². The maximum Gasteiger partial charge on any atom is 0.343 e. The summed E-state index contributed by atoms with van der Waals surface area (Å²) in [5.74, 6) is -6.06. The summed E-state index contributed by atoms with van der Waals surface area (Å²) in [7, 11) is 0. The smallest absolute Gasteiger partial charge is 0.343 e. The maximum atomic E-state index is 13.9. The lowest BCUT2D eigenvalue weighted by Crippen LogP contribution is -2.67. The number of aliphatic hydroxyl groups is 3. The van der Waals surface area contributed by atoms with Gasteiger partial charge < -0.3 is 39.0 Å². The van der Waals surface area contributed by atoms with Gasteiger partial charge in [-0.15, -0.1) is 0 Å². The molecule has 0 radical (unpaired) electrons. The second-order valence-corrected chi connectivity index (χ2v) is 12.9. The highest BCUT2D eigenvalue weighted by molar-refractivity contribution is 5.94. The van der Waals surface area contributed by atoms with Gasteiger partial charge in [-0.3, -0.25) is 9.59 Å². The molecule has 0 aromatic heterocycles. The van der Waals surface area contributed by atoms with E-state index in [4.69, 9.17) is 23.7 Å². The van der Waals surface area contributed by atoms with Crippen LogP contribution in [0.1, 0.15) is 33.3 Å². The Kier molecular flexibility index (Phi) is 4.79. The molecule has 2 saturated carbocycles. The molecule has 6 aliphatic rings. The van der Waals surface area contributed by atoms with Crippen molar-refractivity contribution in [1.29, 1.82) is 0 Å². The van der Waals surface area contributed by atoms with Crippen molar-refractivity contribution in [2.24, 2.45) is 28.1 Å². The van der Waals surface area contributed by atoms with Gasteiger partial charge in [0.15, 0.2) is 23.9 Å². The van der Waals surface area contributed by atoms with Gasteiger partial charge in [0, 0.05) is 5.92 Å². The van der Waals surface area contributed by atoms with Crippen LogP contribution in [-0.2, 0) is 49.3 Å². The van der Waals surface area contributed by atoms with Crippen LogP contribution in [-0.4, -0.2) is 87.2 Å². The molecule has 12 nitrogen and oxygen atoms in total. The summed E-state index contributed by atoms with van der Waals surface area (Å²) in [5.41, 5.74) is -9.14. The zero-order valence-electron chi connectivity index (χ0n) is 22.2. The molecule has 2 aliphatic carbocycles. The number of aliphatic hydroxyl groups excluding tert-OH is 2. The Morgan fingerprint density at radius 2 is 1.68 bits per heavy atom. The predicted octanol–water partition coefficient (Wildman–Crippen LogP) is -0.605. The highest BCUT2D eigenvalue weighted by Gasteiger charge is 3.05. The van der Waals surface area contributed by atoms with Crippen molar-refractivity contribution < 1.29 is 58.2 Å². The van der Waals surface area contributed by atoms with Gasteiger partial charge in [0.05, 0.1) is 23.2 Å². The summed E-state index contributed by atoms with van der Waals surface area (Å²) in [5, 5.41) is 35.9. The van der Waals surface area contributed by atoms with Crippen LogP contribution < -0.4 is 0 Å². The second kappa shape index (κ2) is 7.41. The van der Waals surface area contributed by atoms with Gasteiger partial charge in [0.25, 0.3) is 0 Å². The Labute approximate surface area is 228 Å². The van der Waals surface area contributed by atoms with E-state index in [9.17, 15) is 34.5 Å². The van der Waals surface area contributed by atoms with Crippen molar-refractivity contribution in [1.82, 2.24) is 0 Å². The number of hydrogen-bond donors (Lipinski definition) is 3. The standard InChI is InChI=1S/C28H30O12/c1-11-20(32)37-19-16(30)26-18-14(36-13(29)10-12-8-6-5-7-9-12)15(24(2,3)4)25(26)17(31)21(33)39-23(25)40-28(26,22(34)38-18)27(11,19)35/h5-9,11,14-19,23,30-31,35H,10H2,1-4H3/t11-,14+,15?,16?,17-,18?,19?,23?,25?,26?,27-,28?/m1/s1. The van der Waals surface area contributed by atoms with Crippen molar-refractivity contribution in [2.75, 3.05) is 0 Å². The first-order valence-electron chi connectivity index (χ1n) is 13.3. The fraction of sp³-hybridized carbons (Fsp3) is 0.643. The minimum Gasteiger partial charge on any atom is -0.458 e. The Balaban J connectivity index is 1.46. The number of carbonyl (C=O) groups is 4. The van der Waals surface area contributed by atoms with E-state index < -0.39 is 100.0 Å². The van der Waals surface area contributed by atoms with Gasteiger partial charge >= 0.3 is 23.9 Å². The van der Waals surface area contributed by atoms with Crippen LogP contribution >= 0.6 is 0 Å². The number of esters is 4. The second-order valence-electron chi connectivity index (χ2n) is 12.9. The van der Waals surface area contributed by atoms with Crippen LogP contribution in [0.25, 0.3) is 0 Å². The van der Waals surface area contributed by atoms with Crippen LogP contribution in [0.3, 0.4) is 0 Å². The van der Waals surface area contributed by atoms with Gasteiger partial charge in [-0.05, 0) is 17.9 Å². The zero-order chi connectivity index (χ0) is 28.8. The van der Waals surface area contributed by atoms with E-state index in [1.807, 2.05) is 0 Å². The van der Waals surface area contributed by atoms with Gasteiger partial charge in [-0.2, -0.15) is 0 Å². The number of rotatable bonds is 3. The maximum absolute atomic E-state index is 13.9. The van der Waals surface area contributed by atoms with Crippen LogP contribution in [0.2, 0.25) is 0 Å². The zero-order valence-corrected chi connectivity index (χ0v) is 22.2. The molecule has 12 atom stereocenters. The molecule has 1 aromatic rings. The normalized spacial score (nSPS) is 49.6. The molecule has 6 fully saturated rings. The molecule has 40 heavy (non-hydrogen) atoms. The largest absolute Gasteiger partial charge is 0.458 e. The van der Waals surface area contributed by atoms with Gasteiger partial charge in [-0.25, -0.2) is 9.59 Å². The van der Waals surface area contributed by atoms with Crippen LogP contribution in [0.4, 0.5) is 0 Å². The first-order chi connectivity index (χ1) is 18.7. The lowest BCUT2D eigenvalue weighted by molar-refractivity contribution is -0.240. The molecule has 3 N–H and O–H groups in total. The Morgan fingerprint density at radius 1 is 1.00 bits per heavy atom. The SMILES string of the molecule is C[C@@H]1C(=O)OC2C(O)C34C5OC(=O)C3(OC3OC(=O)[C@@H](O)C34C(C(C)(C)C)[C@@H]5OC(=O)Cc3ccccc3)[C@]21O. The average Bonchev–Trinajstić information content (AvgIpc) is 3.58. The van der Waals surface area contributed by atoms with E-state index in [1.165, 1.54) is 6.92 Å². The van der Waals surface area contributed by atoms with E-state index in [0.29, 0.717) is 5.56 Å². The van der Waals surface area contributed by atoms with E-state index in [2.05, 4.69) is 0 Å². The molecule has 7 rings (SSSR count). The summed E-state index contributed by atoms with van der Waals surface area (Å²) in [6.45, 7) is 6.70. The molecule has 4 heterocycles. The third-order valence-corrected chi connectivity index (χ3v) is 10.4. The molecule has 0 amide bonds. The Hall–Kier alpha value is -3.06. The average molecular weight is 559 g/mol. The van der Waals surface area contributed by atoms with Gasteiger partial charge in [-0.1, -0.05) is 51.1 Å². The molecular weight excluding hydrogens is 528 g/mol. The predicted molar refractivity (Wildman–Crippen MR) is 127 cm³/mol. The number of hydrogen-bond acceptors (Lipinski definition) is 12. The highest BCUT2D eigenvalue weighted by Crippen LogP contribution is 2.84. The molecule has 2 spiro atoms. The number of benzene rings is 1. The third kappa shape index (κ3) is 2.35. The minimum atomic E-state index is -2.48. The molecule has 1 aromatic carbocycles. The van der Waals surface area contributed by atoms with E-state index in [1.54, 1.807) is 51.1 Å². The van der Waals surface area contributed by atoms with Crippen molar-refractivity contribution in [3.8, 4) is 0 Å². The number of ether oxygens (including phenoxy) is 5. The fourth-order valence-corrected chi connectivity index (χ4v) is 9.31. The fourth-order valence-electron chi connectivity index (χ4n) is 9.31.